The predicted octanol–water partition coefficient (Wildman–Crippen LogP) is 18.6. The van der Waals surface area contributed by atoms with E-state index in [0.29, 0.717) is 19.3 Å². The third-order valence-electron chi connectivity index (χ3n) is 13.6. The summed E-state index contributed by atoms with van der Waals surface area (Å²) in [6.07, 6.45) is 72.6. The Morgan fingerprint density at radius 1 is 0.326 bits per heavy atom. The van der Waals surface area contributed by atoms with Crippen LogP contribution in [0.4, 0.5) is 0 Å². The fraction of sp³-hybridized carbons (Fsp3) is 0.676. The van der Waals surface area contributed by atoms with Gasteiger partial charge in [-0.25, -0.2) is 9.13 Å². The number of unbranched alkanes of at least 4 members (excludes halogenated alkanes) is 20. The Labute approximate surface area is 538 Å². The molecule has 89 heavy (non-hydrogen) atoms. The van der Waals surface area contributed by atoms with Crippen molar-refractivity contribution in [1.82, 2.24) is 0 Å². The van der Waals surface area contributed by atoms with Crippen LogP contribution in [0.5, 0.6) is 0 Å². The fourth-order valence-corrected chi connectivity index (χ4v) is 10.1. The zero-order valence-corrected chi connectivity index (χ0v) is 56.8. The molecule has 0 heterocycles. The maximum atomic E-state index is 12.9. The van der Waals surface area contributed by atoms with E-state index in [-0.39, 0.29) is 19.3 Å². The van der Waals surface area contributed by atoms with Gasteiger partial charge < -0.3 is 34.2 Å². The summed E-state index contributed by atoms with van der Waals surface area (Å²) in [7, 11) is -9.78. The molecule has 0 amide bonds. The lowest BCUT2D eigenvalue weighted by Crippen LogP contribution is -2.30. The Morgan fingerprint density at radius 3 is 0.944 bits per heavy atom. The Bertz CT molecular complexity index is 2110. The molecule has 0 saturated carbocycles. The minimum atomic E-state index is -4.93. The van der Waals surface area contributed by atoms with Crippen molar-refractivity contribution in [3.63, 3.8) is 0 Å². The van der Waals surface area contributed by atoms with Crippen molar-refractivity contribution in [3.05, 3.63) is 122 Å². The molecule has 0 aromatic rings. The number of esters is 3. The van der Waals surface area contributed by atoms with Crippen LogP contribution < -0.4 is 0 Å². The molecule has 0 rings (SSSR count). The molecule has 5 atom stereocenters. The van der Waals surface area contributed by atoms with Gasteiger partial charge in [-0.1, -0.05) is 232 Å². The molecular weight excluding hydrogens is 1170 g/mol. The summed E-state index contributed by atoms with van der Waals surface area (Å²) < 4.78 is 60.7. The van der Waals surface area contributed by atoms with E-state index < -0.39 is 91.5 Å². The van der Waals surface area contributed by atoms with E-state index in [1.807, 2.05) is 0 Å². The molecular formula is C71H120O16P2. The number of hydrogen-bond acceptors (Lipinski definition) is 14. The molecule has 18 heteroatoms. The molecule has 0 spiro atoms. The van der Waals surface area contributed by atoms with E-state index >= 15 is 0 Å². The summed E-state index contributed by atoms with van der Waals surface area (Å²) >= 11 is 0. The first-order chi connectivity index (χ1) is 43.2. The first-order valence-electron chi connectivity index (χ1n) is 33.8. The maximum absolute atomic E-state index is 12.9. The van der Waals surface area contributed by atoms with Gasteiger partial charge in [-0.15, -0.1) is 0 Å². The molecule has 5 unspecified atom stereocenters. The molecule has 0 saturated heterocycles. The zero-order valence-electron chi connectivity index (χ0n) is 55.1. The first-order valence-corrected chi connectivity index (χ1v) is 36.8. The van der Waals surface area contributed by atoms with Crippen molar-refractivity contribution in [1.29, 1.82) is 0 Å². The second-order valence-corrected chi connectivity index (χ2v) is 25.1. The second kappa shape index (κ2) is 64.1. The Morgan fingerprint density at radius 2 is 0.596 bits per heavy atom. The number of phosphoric acid groups is 2. The summed E-state index contributed by atoms with van der Waals surface area (Å²) in [4.78, 5) is 58.2. The number of carbonyl (C=O) groups excluding carboxylic acids is 3. The standard InChI is InChI=1S/C71H120O16P2/c1-4-7-10-13-16-19-22-25-26-27-28-29-30-31-32-33-34-35-36-37-38-41-43-45-48-51-54-57-69(74)81-60-66(72)61-83-88(77,78)84-62-67(73)63-85-89(79,80)86-65-68(87-71(76)59-56-53-50-47-44-40-24-21-18-15-12-9-6-3)64-82-70(75)58-55-52-49-46-42-39-23-20-17-14-11-8-5-2/h7,10-12,14-16,19-21,23-26,28-29,31-32,34-35,66-68,72-73H,4-6,8-9,13,17-18,22,27,30,33,36-65H2,1-3H3,(H,77,78)(H,79,80)/b10-7-,14-11-,15-12-,19-16-,23-20-,24-21-,26-25-,29-28-,32-31-,35-34-. The number of rotatable bonds is 63. The molecule has 510 valence electrons. The number of aliphatic hydroxyl groups is 2. The van der Waals surface area contributed by atoms with Crippen LogP contribution in [-0.2, 0) is 55.8 Å². The van der Waals surface area contributed by atoms with Gasteiger partial charge in [0.2, 0.25) is 0 Å². The third-order valence-corrected chi connectivity index (χ3v) is 15.5. The molecule has 0 radical (unpaired) electrons. The predicted molar refractivity (Wildman–Crippen MR) is 362 cm³/mol. The molecule has 0 aromatic heterocycles. The van der Waals surface area contributed by atoms with E-state index in [1.165, 1.54) is 19.3 Å². The van der Waals surface area contributed by atoms with Crippen molar-refractivity contribution in [2.75, 3.05) is 39.6 Å². The minimum absolute atomic E-state index is 0.0832. The van der Waals surface area contributed by atoms with Gasteiger partial charge in [0.25, 0.3) is 0 Å². The Kier molecular flexibility index (Phi) is 61.2. The van der Waals surface area contributed by atoms with Crippen LogP contribution in [0.2, 0.25) is 0 Å². The van der Waals surface area contributed by atoms with Crippen LogP contribution in [0.1, 0.15) is 252 Å². The number of carbonyl (C=O) groups is 3. The number of hydrogen-bond donors (Lipinski definition) is 4. The average molecular weight is 1290 g/mol. The second-order valence-electron chi connectivity index (χ2n) is 22.2. The lowest BCUT2D eigenvalue weighted by atomic mass is 10.1. The van der Waals surface area contributed by atoms with Crippen LogP contribution >= 0.6 is 15.6 Å². The third kappa shape index (κ3) is 65.3. The zero-order chi connectivity index (χ0) is 65.3. The summed E-state index contributed by atoms with van der Waals surface area (Å²) in [5.41, 5.74) is 0. The van der Waals surface area contributed by atoms with E-state index in [9.17, 15) is 43.5 Å². The summed E-state index contributed by atoms with van der Waals surface area (Å²) in [5.74, 6) is -1.62. The number of phosphoric ester groups is 2. The molecule has 0 aromatic carbocycles. The van der Waals surface area contributed by atoms with Gasteiger partial charge in [0.05, 0.1) is 26.4 Å². The molecule has 4 N–H and O–H groups in total. The van der Waals surface area contributed by atoms with Gasteiger partial charge in [-0.05, 0) is 122 Å². The highest BCUT2D eigenvalue weighted by atomic mass is 31.2. The number of aliphatic hydroxyl groups excluding tert-OH is 2. The SMILES string of the molecule is CC/C=C\C/C=C\C/C=C\C/C=C\C/C=C\C/C=C\CCCCCCCCCCC(=O)OCC(O)COP(=O)(O)OCC(O)COP(=O)(O)OCC(COC(=O)CCCCCCC/C=C\C/C=C\CCC)OC(=O)CCCCCCC/C=C\C/C=C\CCC. The largest absolute Gasteiger partial charge is 0.472 e. The highest BCUT2D eigenvalue weighted by molar-refractivity contribution is 7.47. The van der Waals surface area contributed by atoms with Crippen molar-refractivity contribution >= 4 is 33.6 Å². The molecule has 16 nitrogen and oxygen atoms in total. The average Bonchev–Trinajstić information content (AvgIpc) is 3.55. The summed E-state index contributed by atoms with van der Waals surface area (Å²) in [5, 5.41) is 20.5. The molecule has 0 aliphatic rings. The normalized spacial score (nSPS) is 15.0. The lowest BCUT2D eigenvalue weighted by molar-refractivity contribution is -0.161. The summed E-state index contributed by atoms with van der Waals surface area (Å²) in [6, 6.07) is 0. The highest BCUT2D eigenvalue weighted by Crippen LogP contribution is 2.45. The number of ether oxygens (including phenoxy) is 3. The molecule has 0 aliphatic carbocycles. The molecule has 0 aliphatic heterocycles. The van der Waals surface area contributed by atoms with E-state index in [4.69, 9.17) is 32.3 Å². The molecule has 0 bridgehead atoms. The van der Waals surface area contributed by atoms with Crippen LogP contribution in [0, 0.1) is 0 Å². The van der Waals surface area contributed by atoms with Gasteiger partial charge in [0, 0.05) is 19.3 Å². The van der Waals surface area contributed by atoms with Gasteiger partial charge >= 0.3 is 33.6 Å². The van der Waals surface area contributed by atoms with Gasteiger partial charge in [0.15, 0.2) is 6.10 Å². The smallest absolute Gasteiger partial charge is 0.463 e. The van der Waals surface area contributed by atoms with E-state index in [0.717, 1.165) is 173 Å². The van der Waals surface area contributed by atoms with Crippen molar-refractivity contribution in [2.45, 2.75) is 270 Å². The maximum Gasteiger partial charge on any atom is 0.472 e. The van der Waals surface area contributed by atoms with Crippen LogP contribution in [0.3, 0.4) is 0 Å². The Hall–Kier alpha value is -4.05. The van der Waals surface area contributed by atoms with Crippen LogP contribution in [0.25, 0.3) is 0 Å². The minimum Gasteiger partial charge on any atom is -0.463 e. The van der Waals surface area contributed by atoms with Gasteiger partial charge in [-0.3, -0.25) is 32.5 Å². The number of allylic oxidation sites excluding steroid dienone is 20. The fourth-order valence-electron chi connectivity index (χ4n) is 8.47. The van der Waals surface area contributed by atoms with Crippen molar-refractivity contribution in [2.24, 2.45) is 0 Å². The summed E-state index contributed by atoms with van der Waals surface area (Å²) in [6.45, 7) is 2.36. The van der Waals surface area contributed by atoms with Crippen LogP contribution in [-0.4, -0.2) is 95.9 Å². The Balaban J connectivity index is 4.51. The van der Waals surface area contributed by atoms with Crippen molar-refractivity contribution in [3.8, 4) is 0 Å². The topological polar surface area (TPSA) is 231 Å². The molecule has 0 fully saturated rings. The highest BCUT2D eigenvalue weighted by Gasteiger charge is 2.29. The quantitative estimate of drug-likeness (QED) is 0.0146. The first kappa shape index (κ1) is 85.0. The van der Waals surface area contributed by atoms with Gasteiger partial charge in [-0.2, -0.15) is 0 Å². The van der Waals surface area contributed by atoms with E-state index in [2.05, 4.69) is 142 Å². The van der Waals surface area contributed by atoms with Crippen LogP contribution in [0.15, 0.2) is 122 Å². The lowest BCUT2D eigenvalue weighted by Gasteiger charge is -2.21. The van der Waals surface area contributed by atoms with Gasteiger partial charge in [0.1, 0.15) is 25.4 Å². The van der Waals surface area contributed by atoms with E-state index in [1.54, 1.807) is 0 Å². The van der Waals surface area contributed by atoms with Crippen molar-refractivity contribution < 1.29 is 75.8 Å². The monoisotopic (exact) mass is 1290 g/mol.